The number of carbonyl (C=O) groups is 1. The SMILES string of the molecule is O=C1CCc2ccccc2N1OP(=O)(O)O. The van der Waals surface area contributed by atoms with Crippen LogP contribution in [0.25, 0.3) is 0 Å². The van der Waals surface area contributed by atoms with Gasteiger partial charge in [0.2, 0.25) is 0 Å². The monoisotopic (exact) mass is 243 g/mol. The number of hydrogen-bond donors (Lipinski definition) is 2. The molecule has 0 saturated heterocycles. The molecule has 6 nitrogen and oxygen atoms in total. The van der Waals surface area contributed by atoms with Crippen LogP contribution in [0.1, 0.15) is 12.0 Å². The van der Waals surface area contributed by atoms with Crippen molar-refractivity contribution in [1.29, 1.82) is 0 Å². The molecule has 1 aliphatic heterocycles. The van der Waals surface area contributed by atoms with E-state index in [1.807, 2.05) is 0 Å². The summed E-state index contributed by atoms with van der Waals surface area (Å²) >= 11 is 0. The Morgan fingerprint density at radius 1 is 1.25 bits per heavy atom. The number of fused-ring (bicyclic) bond motifs is 1. The second-order valence-electron chi connectivity index (χ2n) is 3.39. The van der Waals surface area contributed by atoms with E-state index in [9.17, 15) is 9.36 Å². The van der Waals surface area contributed by atoms with Crippen LogP contribution in [0.15, 0.2) is 24.3 Å². The molecule has 0 saturated carbocycles. The number of para-hydroxylation sites is 1. The van der Waals surface area contributed by atoms with Crippen molar-refractivity contribution in [3.63, 3.8) is 0 Å². The lowest BCUT2D eigenvalue weighted by molar-refractivity contribution is -0.123. The van der Waals surface area contributed by atoms with Gasteiger partial charge < -0.3 is 9.79 Å². The summed E-state index contributed by atoms with van der Waals surface area (Å²) in [4.78, 5) is 28.9. The van der Waals surface area contributed by atoms with Crippen molar-refractivity contribution < 1.29 is 23.8 Å². The van der Waals surface area contributed by atoms with Gasteiger partial charge in [0.1, 0.15) is 0 Å². The van der Waals surface area contributed by atoms with Gasteiger partial charge in [-0.1, -0.05) is 18.2 Å². The number of rotatable bonds is 2. The number of hydroxylamine groups is 1. The maximum Gasteiger partial charge on any atom is 0.491 e. The molecule has 1 aliphatic rings. The van der Waals surface area contributed by atoms with Crippen molar-refractivity contribution in [1.82, 2.24) is 0 Å². The number of aryl methyl sites for hydroxylation is 1. The minimum atomic E-state index is -4.72. The van der Waals surface area contributed by atoms with Crippen LogP contribution in [0.5, 0.6) is 0 Å². The van der Waals surface area contributed by atoms with E-state index in [0.717, 1.165) is 5.56 Å². The molecule has 7 heteroatoms. The molecule has 0 bridgehead atoms. The maximum absolute atomic E-state index is 11.5. The third-order valence-corrected chi connectivity index (χ3v) is 2.61. The number of nitrogens with zero attached hydrogens (tertiary/aromatic N) is 1. The van der Waals surface area contributed by atoms with Gasteiger partial charge in [0.05, 0.1) is 5.69 Å². The Morgan fingerprint density at radius 2 is 1.94 bits per heavy atom. The van der Waals surface area contributed by atoms with Gasteiger partial charge in [-0.25, -0.2) is 4.57 Å². The van der Waals surface area contributed by atoms with Crippen LogP contribution in [0.4, 0.5) is 5.69 Å². The van der Waals surface area contributed by atoms with Gasteiger partial charge in [-0.2, -0.15) is 9.69 Å². The summed E-state index contributed by atoms with van der Waals surface area (Å²) in [7, 11) is -4.72. The predicted octanol–water partition coefficient (Wildman–Crippen LogP) is 0.990. The Labute approximate surface area is 91.6 Å². The molecule has 86 valence electrons. The van der Waals surface area contributed by atoms with Crippen LogP contribution in [0.3, 0.4) is 0 Å². The minimum Gasteiger partial charge on any atom is -0.301 e. The van der Waals surface area contributed by atoms with E-state index in [-0.39, 0.29) is 6.42 Å². The lowest BCUT2D eigenvalue weighted by Gasteiger charge is -2.27. The molecule has 1 aromatic carbocycles. The van der Waals surface area contributed by atoms with Gasteiger partial charge in [0.25, 0.3) is 5.91 Å². The number of anilines is 1. The summed E-state index contributed by atoms with van der Waals surface area (Å²) in [5.41, 5.74) is 1.22. The van der Waals surface area contributed by atoms with Gasteiger partial charge in [-0.3, -0.25) is 4.79 Å². The highest BCUT2D eigenvalue weighted by Crippen LogP contribution is 2.41. The Balaban J connectivity index is 2.37. The first-order valence-electron chi connectivity index (χ1n) is 4.63. The van der Waals surface area contributed by atoms with Crippen LogP contribution in [-0.4, -0.2) is 15.7 Å². The molecule has 0 aliphatic carbocycles. The fourth-order valence-corrected chi connectivity index (χ4v) is 1.99. The first-order chi connectivity index (χ1) is 7.47. The Hall–Kier alpha value is -1.20. The molecule has 1 heterocycles. The van der Waals surface area contributed by atoms with E-state index in [1.165, 1.54) is 0 Å². The summed E-state index contributed by atoms with van der Waals surface area (Å²) in [6.45, 7) is 0. The lowest BCUT2D eigenvalue weighted by atomic mass is 10.0. The van der Waals surface area contributed by atoms with Crippen molar-refractivity contribution in [3.05, 3.63) is 29.8 Å². The molecular formula is C9H10NO5P. The summed E-state index contributed by atoms with van der Waals surface area (Å²) < 4.78 is 15.1. The van der Waals surface area contributed by atoms with E-state index < -0.39 is 13.7 Å². The van der Waals surface area contributed by atoms with E-state index >= 15 is 0 Å². The quantitative estimate of drug-likeness (QED) is 0.756. The Morgan fingerprint density at radius 3 is 2.62 bits per heavy atom. The molecule has 2 N–H and O–H groups in total. The Bertz CT molecular complexity index is 469. The van der Waals surface area contributed by atoms with E-state index in [2.05, 4.69) is 4.62 Å². The standard InChI is InChI=1S/C9H10NO5P/c11-9-6-5-7-3-1-2-4-8(7)10(9)15-16(12,13)14/h1-4H,5-6H2,(H2,12,13,14). The zero-order valence-electron chi connectivity index (χ0n) is 8.24. The first kappa shape index (κ1) is 11.3. The number of amides is 1. The largest absolute Gasteiger partial charge is 0.491 e. The van der Waals surface area contributed by atoms with Gasteiger partial charge >= 0.3 is 7.82 Å². The average Bonchev–Trinajstić information content (AvgIpc) is 2.21. The number of phosphoric acid groups is 1. The van der Waals surface area contributed by atoms with Gasteiger partial charge in [-0.05, 0) is 18.1 Å². The first-order valence-corrected chi connectivity index (χ1v) is 6.16. The zero-order chi connectivity index (χ0) is 11.8. The molecule has 0 atom stereocenters. The fraction of sp³-hybridized carbons (Fsp3) is 0.222. The van der Waals surface area contributed by atoms with Crippen molar-refractivity contribution >= 4 is 19.4 Å². The molecule has 1 amide bonds. The fourth-order valence-electron chi connectivity index (χ4n) is 1.59. The molecule has 0 spiro atoms. The Kier molecular flexibility index (Phi) is 2.82. The predicted molar refractivity (Wildman–Crippen MR) is 55.4 cm³/mol. The maximum atomic E-state index is 11.5. The highest BCUT2D eigenvalue weighted by Gasteiger charge is 2.30. The topological polar surface area (TPSA) is 87.1 Å². The van der Waals surface area contributed by atoms with E-state index in [0.29, 0.717) is 17.2 Å². The van der Waals surface area contributed by atoms with Crippen LogP contribution in [0.2, 0.25) is 0 Å². The molecule has 0 fully saturated rings. The molecule has 1 aromatic rings. The summed E-state index contributed by atoms with van der Waals surface area (Å²) in [6, 6.07) is 6.84. The molecule has 2 rings (SSSR count). The molecule has 0 aromatic heterocycles. The zero-order valence-corrected chi connectivity index (χ0v) is 9.13. The van der Waals surface area contributed by atoms with Crippen LogP contribution >= 0.6 is 7.82 Å². The van der Waals surface area contributed by atoms with Gasteiger partial charge in [0, 0.05) is 6.42 Å². The normalized spacial score (nSPS) is 16.1. The number of hydrogen-bond acceptors (Lipinski definition) is 3. The highest BCUT2D eigenvalue weighted by atomic mass is 31.2. The van der Waals surface area contributed by atoms with Gasteiger partial charge in [-0.15, -0.1) is 0 Å². The van der Waals surface area contributed by atoms with Crippen LogP contribution in [-0.2, 0) is 20.4 Å². The van der Waals surface area contributed by atoms with Crippen molar-refractivity contribution in [2.75, 3.05) is 5.06 Å². The summed E-state index contributed by atoms with van der Waals surface area (Å²) in [5, 5.41) is 0.680. The van der Waals surface area contributed by atoms with E-state index in [1.54, 1.807) is 24.3 Å². The van der Waals surface area contributed by atoms with Crippen molar-refractivity contribution in [2.24, 2.45) is 0 Å². The third-order valence-electron chi connectivity index (χ3n) is 2.23. The van der Waals surface area contributed by atoms with Gasteiger partial charge in [0.15, 0.2) is 0 Å². The minimum absolute atomic E-state index is 0.178. The van der Waals surface area contributed by atoms with Crippen LogP contribution < -0.4 is 5.06 Å². The summed E-state index contributed by atoms with van der Waals surface area (Å²) in [5.74, 6) is -0.456. The molecule has 16 heavy (non-hydrogen) atoms. The third kappa shape index (κ3) is 2.31. The molecular weight excluding hydrogens is 233 g/mol. The number of benzene rings is 1. The number of carbonyl (C=O) groups excluding carboxylic acids is 1. The van der Waals surface area contributed by atoms with Crippen LogP contribution in [0, 0.1) is 0 Å². The van der Waals surface area contributed by atoms with Crippen molar-refractivity contribution in [3.8, 4) is 0 Å². The molecule has 0 unspecified atom stereocenters. The summed E-state index contributed by atoms with van der Waals surface area (Å²) in [6.07, 6.45) is 0.729. The second kappa shape index (κ2) is 3.99. The van der Waals surface area contributed by atoms with E-state index in [4.69, 9.17) is 9.79 Å². The van der Waals surface area contributed by atoms with Crippen molar-refractivity contribution in [2.45, 2.75) is 12.8 Å². The second-order valence-corrected chi connectivity index (χ2v) is 4.53. The lowest BCUT2D eigenvalue weighted by Crippen LogP contribution is -2.34. The smallest absolute Gasteiger partial charge is 0.301 e. The molecule has 0 radical (unpaired) electrons. The highest BCUT2D eigenvalue weighted by molar-refractivity contribution is 7.46. The average molecular weight is 243 g/mol.